The first kappa shape index (κ1) is 15.8. The number of amides is 2. The molecule has 0 bridgehead atoms. The number of nitrogens with one attached hydrogen (secondary N) is 1. The van der Waals surface area contributed by atoms with Gasteiger partial charge in [0.15, 0.2) is 0 Å². The van der Waals surface area contributed by atoms with Gasteiger partial charge in [0.05, 0.1) is 0 Å². The van der Waals surface area contributed by atoms with Crippen molar-refractivity contribution in [1.29, 1.82) is 0 Å². The maximum atomic E-state index is 12.7. The number of piperidine rings is 1. The third-order valence-electron chi connectivity index (χ3n) is 4.82. The Hall–Kier alpha value is -2.12. The summed E-state index contributed by atoms with van der Waals surface area (Å²) < 4.78 is 5.00. The Bertz CT molecular complexity index is 629. The summed E-state index contributed by atoms with van der Waals surface area (Å²) in [6.07, 6.45) is 3.87. The van der Waals surface area contributed by atoms with Crippen molar-refractivity contribution in [3.8, 4) is 0 Å². The van der Waals surface area contributed by atoms with E-state index in [1.165, 1.54) is 0 Å². The molecule has 2 aliphatic rings. The quantitative estimate of drug-likeness (QED) is 0.791. The molecule has 2 saturated heterocycles. The number of H-pyrrole nitrogens is 1. The number of rotatable bonds is 2. The lowest BCUT2D eigenvalue weighted by atomic mass is 9.94. The Kier molecular flexibility index (Phi) is 4.49. The van der Waals surface area contributed by atoms with Crippen molar-refractivity contribution >= 4 is 11.8 Å². The topological polar surface area (TPSA) is 99.5 Å². The minimum absolute atomic E-state index is 0.0468. The maximum absolute atomic E-state index is 12.7. The van der Waals surface area contributed by atoms with Gasteiger partial charge in [0, 0.05) is 32.6 Å². The predicted octanol–water partition coefficient (Wildman–Crippen LogP) is 0.327. The van der Waals surface area contributed by atoms with Crippen LogP contribution in [0.5, 0.6) is 0 Å². The van der Waals surface area contributed by atoms with Crippen LogP contribution in [-0.4, -0.2) is 58.5 Å². The van der Waals surface area contributed by atoms with Crippen molar-refractivity contribution < 1.29 is 14.0 Å². The Morgan fingerprint density at radius 2 is 1.91 bits per heavy atom. The summed E-state index contributed by atoms with van der Waals surface area (Å²) in [7, 11) is 1.76. The van der Waals surface area contributed by atoms with Gasteiger partial charge in [-0.1, -0.05) is 6.42 Å². The molecule has 1 atom stereocenters. The van der Waals surface area contributed by atoms with Gasteiger partial charge in [0.1, 0.15) is 5.92 Å². The van der Waals surface area contributed by atoms with Crippen LogP contribution < -0.4 is 5.76 Å². The van der Waals surface area contributed by atoms with Crippen molar-refractivity contribution in [2.45, 2.75) is 38.0 Å². The van der Waals surface area contributed by atoms with Gasteiger partial charge in [-0.25, -0.2) is 9.89 Å². The summed E-state index contributed by atoms with van der Waals surface area (Å²) in [5.41, 5.74) is 0. The van der Waals surface area contributed by atoms with E-state index in [9.17, 15) is 14.4 Å². The Morgan fingerprint density at radius 1 is 1.17 bits per heavy atom. The van der Waals surface area contributed by atoms with E-state index in [1.54, 1.807) is 16.8 Å². The van der Waals surface area contributed by atoms with Crippen LogP contribution in [0.4, 0.5) is 0 Å². The highest BCUT2D eigenvalue weighted by molar-refractivity contribution is 6.00. The van der Waals surface area contributed by atoms with E-state index in [0.717, 1.165) is 19.4 Å². The van der Waals surface area contributed by atoms with Gasteiger partial charge in [0.25, 0.3) is 0 Å². The zero-order chi connectivity index (χ0) is 16.4. The third-order valence-corrected chi connectivity index (χ3v) is 4.82. The molecule has 3 rings (SSSR count). The van der Waals surface area contributed by atoms with E-state index in [-0.39, 0.29) is 17.7 Å². The molecule has 2 fully saturated rings. The first-order chi connectivity index (χ1) is 11.1. The second-order valence-electron chi connectivity index (χ2n) is 6.36. The molecule has 3 heterocycles. The van der Waals surface area contributed by atoms with E-state index in [1.807, 2.05) is 0 Å². The smallest absolute Gasteiger partial charge is 0.392 e. The van der Waals surface area contributed by atoms with E-state index >= 15 is 0 Å². The van der Waals surface area contributed by atoms with Crippen molar-refractivity contribution in [2.75, 3.05) is 26.7 Å². The zero-order valence-corrected chi connectivity index (χ0v) is 13.3. The molecule has 1 N–H and O–H groups in total. The van der Waals surface area contributed by atoms with Crippen molar-refractivity contribution in [3.63, 3.8) is 0 Å². The summed E-state index contributed by atoms with van der Waals surface area (Å²) in [6.45, 7) is 1.85. The molecule has 0 aliphatic carbocycles. The number of aromatic amines is 1. The molecule has 0 saturated carbocycles. The van der Waals surface area contributed by atoms with Gasteiger partial charge in [-0.15, -0.1) is 5.10 Å². The number of hydrogen-bond acceptors (Lipinski definition) is 5. The lowest BCUT2D eigenvalue weighted by molar-refractivity contribution is -0.146. The van der Waals surface area contributed by atoms with Gasteiger partial charge in [-0.2, -0.15) is 0 Å². The van der Waals surface area contributed by atoms with Gasteiger partial charge in [0.2, 0.25) is 17.7 Å². The van der Waals surface area contributed by atoms with Crippen LogP contribution >= 0.6 is 0 Å². The Morgan fingerprint density at radius 3 is 2.57 bits per heavy atom. The Balaban J connectivity index is 1.61. The first-order valence-electron chi connectivity index (χ1n) is 8.15. The van der Waals surface area contributed by atoms with E-state index in [2.05, 4.69) is 10.2 Å². The standard InChI is InChI=1S/C15H22N4O4/c1-18-7-3-2-4-11(13(18)20)14(21)19-8-5-10(6-9-19)12-16-17-15(22)23-12/h10-11H,2-9H2,1H3,(H,17,22). The fourth-order valence-corrected chi connectivity index (χ4v) is 3.41. The van der Waals surface area contributed by atoms with Crippen molar-refractivity contribution in [2.24, 2.45) is 5.92 Å². The van der Waals surface area contributed by atoms with Crippen LogP contribution in [-0.2, 0) is 9.59 Å². The van der Waals surface area contributed by atoms with Crippen molar-refractivity contribution in [3.05, 3.63) is 16.4 Å². The summed E-state index contributed by atoms with van der Waals surface area (Å²) >= 11 is 0. The summed E-state index contributed by atoms with van der Waals surface area (Å²) in [4.78, 5) is 39.5. The highest BCUT2D eigenvalue weighted by Gasteiger charge is 2.36. The molecule has 1 aromatic heterocycles. The van der Waals surface area contributed by atoms with Gasteiger partial charge in [-0.3, -0.25) is 9.59 Å². The molecule has 8 heteroatoms. The normalized spacial score (nSPS) is 23.9. The molecule has 1 unspecified atom stereocenters. The van der Waals surface area contributed by atoms with Gasteiger partial charge in [-0.05, 0) is 25.7 Å². The number of hydrogen-bond donors (Lipinski definition) is 1. The number of aromatic nitrogens is 2. The molecular weight excluding hydrogens is 300 g/mol. The second kappa shape index (κ2) is 6.55. The van der Waals surface area contributed by atoms with Crippen LogP contribution in [0.25, 0.3) is 0 Å². The number of carbonyl (C=O) groups excluding carboxylic acids is 2. The van der Waals surface area contributed by atoms with E-state index < -0.39 is 11.7 Å². The molecule has 0 aromatic carbocycles. The minimum atomic E-state index is -0.550. The molecular formula is C15H22N4O4. The lowest BCUT2D eigenvalue weighted by Gasteiger charge is -2.33. The summed E-state index contributed by atoms with van der Waals surface area (Å²) in [5.74, 6) is -0.760. The highest BCUT2D eigenvalue weighted by Crippen LogP contribution is 2.28. The van der Waals surface area contributed by atoms with Gasteiger partial charge < -0.3 is 14.2 Å². The molecule has 1 aromatic rings. The lowest BCUT2D eigenvalue weighted by Crippen LogP contribution is -2.46. The largest absolute Gasteiger partial charge is 0.434 e. The van der Waals surface area contributed by atoms with Gasteiger partial charge >= 0.3 is 5.76 Å². The SMILES string of the molecule is CN1CCCCC(C(=O)N2CCC(c3n[nH]c(=O)o3)CC2)C1=O. The molecule has 126 valence electrons. The average Bonchev–Trinajstić information content (AvgIpc) is 2.92. The molecule has 8 nitrogen and oxygen atoms in total. The fourth-order valence-electron chi connectivity index (χ4n) is 3.41. The van der Waals surface area contributed by atoms with Crippen LogP contribution in [0.15, 0.2) is 9.21 Å². The minimum Gasteiger partial charge on any atom is -0.392 e. The average molecular weight is 322 g/mol. The summed E-state index contributed by atoms with van der Waals surface area (Å²) in [5, 5.41) is 6.13. The fraction of sp³-hybridized carbons (Fsp3) is 0.733. The third kappa shape index (κ3) is 3.30. The molecule has 23 heavy (non-hydrogen) atoms. The summed E-state index contributed by atoms with van der Waals surface area (Å²) in [6, 6.07) is 0. The van der Waals surface area contributed by atoms with E-state index in [0.29, 0.717) is 38.2 Å². The molecule has 0 radical (unpaired) electrons. The molecule has 2 amide bonds. The maximum Gasteiger partial charge on any atom is 0.434 e. The Labute approximate surface area is 133 Å². The van der Waals surface area contributed by atoms with Crippen LogP contribution in [0.2, 0.25) is 0 Å². The number of nitrogens with zero attached hydrogens (tertiary/aromatic N) is 3. The van der Waals surface area contributed by atoms with Crippen LogP contribution in [0.1, 0.15) is 43.9 Å². The van der Waals surface area contributed by atoms with Crippen LogP contribution in [0.3, 0.4) is 0 Å². The molecule has 0 spiro atoms. The van der Waals surface area contributed by atoms with Crippen LogP contribution in [0, 0.1) is 5.92 Å². The van der Waals surface area contributed by atoms with Crippen molar-refractivity contribution in [1.82, 2.24) is 20.0 Å². The second-order valence-corrected chi connectivity index (χ2v) is 6.36. The number of carbonyl (C=O) groups is 2. The predicted molar refractivity (Wildman–Crippen MR) is 80.7 cm³/mol. The number of likely N-dealkylation sites (tertiary alicyclic amines) is 2. The zero-order valence-electron chi connectivity index (χ0n) is 13.3. The highest BCUT2D eigenvalue weighted by atomic mass is 16.4. The van der Waals surface area contributed by atoms with E-state index in [4.69, 9.17) is 4.42 Å². The molecule has 2 aliphatic heterocycles. The first-order valence-corrected chi connectivity index (χ1v) is 8.15. The monoisotopic (exact) mass is 322 g/mol.